The molecule has 0 aliphatic rings. The zero-order valence-electron chi connectivity index (χ0n) is 15.6. The Morgan fingerprint density at radius 2 is 1.00 bits per heavy atom. The Balaban J connectivity index is 4.02. The second-order valence-corrected chi connectivity index (χ2v) is 9.06. The smallest absolute Gasteiger partial charge is 0.247 e. The predicted octanol–water partition coefficient (Wildman–Crippen LogP) is 4.91. The number of carbonyl (C=O) groups is 2. The molecule has 0 N–H and O–H groups in total. The lowest BCUT2D eigenvalue weighted by molar-refractivity contribution is -0.260. The van der Waals surface area contributed by atoms with Gasteiger partial charge in [-0.15, -0.1) is 0 Å². The zero-order valence-corrected chi connectivity index (χ0v) is 15.6. The van der Waals surface area contributed by atoms with Crippen molar-refractivity contribution in [1.29, 1.82) is 0 Å². The molecule has 22 heavy (non-hydrogen) atoms. The van der Waals surface area contributed by atoms with Gasteiger partial charge in [0, 0.05) is 0 Å². The second-order valence-electron chi connectivity index (χ2n) is 9.06. The summed E-state index contributed by atoms with van der Waals surface area (Å²) >= 11 is 0. The molecule has 0 aromatic carbocycles. The van der Waals surface area contributed by atoms with Crippen LogP contribution >= 0.6 is 0 Å². The first-order valence-electron chi connectivity index (χ1n) is 8.19. The summed E-state index contributed by atoms with van der Waals surface area (Å²) in [4.78, 5) is 32.6. The molecular formula is C18H34O4. The molecule has 0 rings (SSSR count). The summed E-state index contributed by atoms with van der Waals surface area (Å²) in [5, 5.41) is 0. The van der Waals surface area contributed by atoms with E-state index in [1.807, 2.05) is 13.8 Å². The molecule has 0 saturated heterocycles. The van der Waals surface area contributed by atoms with Gasteiger partial charge in [-0.3, -0.25) is 0 Å². The van der Waals surface area contributed by atoms with Crippen LogP contribution < -0.4 is 0 Å². The van der Waals surface area contributed by atoms with Gasteiger partial charge >= 0.3 is 11.9 Å². The van der Waals surface area contributed by atoms with Crippen molar-refractivity contribution < 1.29 is 19.4 Å². The van der Waals surface area contributed by atoms with Gasteiger partial charge in [0.2, 0.25) is 0 Å². The number of carbonyl (C=O) groups excluding carboxylic acids is 2. The van der Waals surface area contributed by atoms with Gasteiger partial charge in [-0.2, -0.15) is 0 Å². The highest BCUT2D eigenvalue weighted by molar-refractivity contribution is 5.73. The maximum atomic E-state index is 11.7. The molecule has 130 valence electrons. The molecule has 4 heteroatoms. The van der Waals surface area contributed by atoms with E-state index in [0.29, 0.717) is 0 Å². The molecule has 2 unspecified atom stereocenters. The Labute approximate surface area is 135 Å². The number of hydrogen-bond acceptors (Lipinski definition) is 4. The van der Waals surface area contributed by atoms with Gasteiger partial charge in [-0.05, 0) is 35.5 Å². The highest BCUT2D eigenvalue weighted by Gasteiger charge is 2.21. The van der Waals surface area contributed by atoms with E-state index in [9.17, 15) is 9.59 Å². The van der Waals surface area contributed by atoms with E-state index < -0.39 is 11.9 Å². The van der Waals surface area contributed by atoms with Crippen molar-refractivity contribution >= 4 is 11.9 Å². The Bertz CT molecular complexity index is 324. The predicted molar refractivity (Wildman–Crippen MR) is 87.9 cm³/mol. The minimum Gasteiger partial charge on any atom is -0.247 e. The monoisotopic (exact) mass is 314 g/mol. The van der Waals surface area contributed by atoms with Crippen LogP contribution in [0.15, 0.2) is 0 Å². The second kappa shape index (κ2) is 8.54. The van der Waals surface area contributed by atoms with Crippen molar-refractivity contribution in [3.63, 3.8) is 0 Å². The molecule has 0 amide bonds. The zero-order chi connectivity index (χ0) is 17.6. The summed E-state index contributed by atoms with van der Waals surface area (Å²) in [6, 6.07) is 0. The fraction of sp³-hybridized carbons (Fsp3) is 0.889. The van der Waals surface area contributed by atoms with Crippen LogP contribution in [0.3, 0.4) is 0 Å². The standard InChI is InChI=1S/C18H34O4/c1-13(11-17(3,4)5)9-15(19)21-22-16(20)10-14(2)12-18(6,7)8/h13-14H,9-12H2,1-8H3. The van der Waals surface area contributed by atoms with E-state index in [-0.39, 0.29) is 35.5 Å². The van der Waals surface area contributed by atoms with Crippen LogP contribution in [0.5, 0.6) is 0 Å². The van der Waals surface area contributed by atoms with E-state index in [4.69, 9.17) is 0 Å². The first-order chi connectivity index (χ1) is 9.78. The third-order valence-electron chi connectivity index (χ3n) is 3.18. The van der Waals surface area contributed by atoms with E-state index in [0.717, 1.165) is 12.8 Å². The largest absolute Gasteiger partial charge is 0.355 e. The molecule has 0 spiro atoms. The van der Waals surface area contributed by atoms with E-state index in [1.165, 1.54) is 0 Å². The van der Waals surface area contributed by atoms with E-state index in [2.05, 4.69) is 51.3 Å². The molecule has 0 aromatic heterocycles. The first kappa shape index (κ1) is 20.9. The van der Waals surface area contributed by atoms with Crippen LogP contribution in [0, 0.1) is 22.7 Å². The molecule has 0 fully saturated rings. The topological polar surface area (TPSA) is 52.6 Å². The van der Waals surface area contributed by atoms with E-state index >= 15 is 0 Å². The van der Waals surface area contributed by atoms with Gasteiger partial charge in [0.05, 0.1) is 12.8 Å². The SMILES string of the molecule is CC(CC(=O)OOC(=O)CC(C)CC(C)(C)C)CC(C)(C)C. The fourth-order valence-corrected chi connectivity index (χ4v) is 2.97. The Kier molecular flexibility index (Phi) is 8.13. The van der Waals surface area contributed by atoms with Crippen molar-refractivity contribution in [1.82, 2.24) is 0 Å². The van der Waals surface area contributed by atoms with Crippen LogP contribution in [0.1, 0.15) is 81.1 Å². The molecule has 0 saturated carbocycles. The lowest BCUT2D eigenvalue weighted by Gasteiger charge is -2.22. The van der Waals surface area contributed by atoms with Gasteiger partial charge in [0.25, 0.3) is 0 Å². The van der Waals surface area contributed by atoms with Crippen LogP contribution in [0.2, 0.25) is 0 Å². The molecule has 0 aliphatic carbocycles. The maximum absolute atomic E-state index is 11.7. The van der Waals surface area contributed by atoms with E-state index in [1.54, 1.807) is 0 Å². The minimum absolute atomic E-state index is 0.165. The number of hydrogen-bond donors (Lipinski definition) is 0. The summed E-state index contributed by atoms with van der Waals surface area (Å²) in [6.07, 6.45) is 2.36. The summed E-state index contributed by atoms with van der Waals surface area (Å²) in [5.41, 5.74) is 0.331. The highest BCUT2D eigenvalue weighted by Crippen LogP contribution is 2.27. The van der Waals surface area contributed by atoms with Gasteiger partial charge in [0.15, 0.2) is 0 Å². The molecule has 0 aliphatic heterocycles. The third kappa shape index (κ3) is 12.7. The summed E-state index contributed by atoms with van der Waals surface area (Å²) in [7, 11) is 0. The lowest BCUT2D eigenvalue weighted by Crippen LogP contribution is -2.19. The molecular weight excluding hydrogens is 280 g/mol. The third-order valence-corrected chi connectivity index (χ3v) is 3.18. The highest BCUT2D eigenvalue weighted by atomic mass is 17.2. The average molecular weight is 314 g/mol. The Morgan fingerprint density at radius 1 is 0.727 bits per heavy atom. The van der Waals surface area contributed by atoms with Gasteiger partial charge in [0.1, 0.15) is 0 Å². The van der Waals surface area contributed by atoms with Gasteiger partial charge < -0.3 is 0 Å². The van der Waals surface area contributed by atoms with Crippen molar-refractivity contribution in [2.24, 2.45) is 22.7 Å². The van der Waals surface area contributed by atoms with Crippen LogP contribution in [0.25, 0.3) is 0 Å². The number of rotatable bonds is 6. The Hall–Kier alpha value is -1.06. The molecule has 0 heterocycles. The Morgan fingerprint density at radius 3 is 1.23 bits per heavy atom. The fourth-order valence-electron chi connectivity index (χ4n) is 2.97. The lowest BCUT2D eigenvalue weighted by atomic mass is 9.84. The molecule has 0 bridgehead atoms. The van der Waals surface area contributed by atoms with Crippen molar-refractivity contribution in [3.05, 3.63) is 0 Å². The average Bonchev–Trinajstić information content (AvgIpc) is 2.20. The van der Waals surface area contributed by atoms with Crippen LogP contribution in [0.4, 0.5) is 0 Å². The summed E-state index contributed by atoms with van der Waals surface area (Å²) in [5.74, 6) is -0.556. The molecule has 4 nitrogen and oxygen atoms in total. The van der Waals surface area contributed by atoms with Crippen LogP contribution in [-0.4, -0.2) is 11.9 Å². The molecule has 0 aromatic rings. The van der Waals surface area contributed by atoms with Gasteiger partial charge in [-0.1, -0.05) is 55.4 Å². The quantitative estimate of drug-likeness (QED) is 0.516. The normalized spacial score (nSPS) is 15.1. The maximum Gasteiger partial charge on any atom is 0.355 e. The first-order valence-corrected chi connectivity index (χ1v) is 8.19. The summed E-state index contributed by atoms with van der Waals surface area (Å²) in [6.45, 7) is 16.8. The van der Waals surface area contributed by atoms with Crippen molar-refractivity contribution in [2.45, 2.75) is 81.1 Å². The molecule has 0 radical (unpaired) electrons. The minimum atomic E-state index is -0.478. The van der Waals surface area contributed by atoms with Gasteiger partial charge in [-0.25, -0.2) is 19.4 Å². The van der Waals surface area contributed by atoms with Crippen molar-refractivity contribution in [2.75, 3.05) is 0 Å². The molecule has 2 atom stereocenters. The summed E-state index contributed by atoms with van der Waals surface area (Å²) < 4.78 is 0. The van der Waals surface area contributed by atoms with Crippen molar-refractivity contribution in [3.8, 4) is 0 Å². The van der Waals surface area contributed by atoms with Crippen LogP contribution in [-0.2, 0) is 19.4 Å².